The van der Waals surface area contributed by atoms with Crippen LogP contribution in [0.15, 0.2) is 72.8 Å². The van der Waals surface area contributed by atoms with Crippen LogP contribution < -0.4 is 4.74 Å². The molecule has 0 radical (unpaired) electrons. The van der Waals surface area contributed by atoms with Gasteiger partial charge in [0.25, 0.3) is 0 Å². The van der Waals surface area contributed by atoms with Gasteiger partial charge in [-0.2, -0.15) is 0 Å². The number of rotatable bonds is 8. The molecule has 1 spiro atoms. The number of amides is 1. The van der Waals surface area contributed by atoms with Crippen molar-refractivity contribution in [2.75, 3.05) is 19.6 Å². The molecular weight excluding hydrogens is 548 g/mol. The normalized spacial score (nSPS) is 28.6. The van der Waals surface area contributed by atoms with Crippen LogP contribution in [0.2, 0.25) is 0 Å². The molecule has 2 fully saturated rings. The second-order valence-corrected chi connectivity index (χ2v) is 13.9. The van der Waals surface area contributed by atoms with Crippen LogP contribution in [0.4, 0.5) is 0 Å². The van der Waals surface area contributed by atoms with Gasteiger partial charge in [-0.25, -0.2) is 0 Å². The van der Waals surface area contributed by atoms with Gasteiger partial charge in [-0.15, -0.1) is 0 Å². The van der Waals surface area contributed by atoms with Gasteiger partial charge in [-0.05, 0) is 80.3 Å². The molecule has 1 saturated heterocycles. The second-order valence-electron chi connectivity index (χ2n) is 13.9. The van der Waals surface area contributed by atoms with Crippen LogP contribution in [0, 0.1) is 12.8 Å². The zero-order chi connectivity index (χ0) is 30.6. The fourth-order valence-corrected chi connectivity index (χ4v) is 8.93. The van der Waals surface area contributed by atoms with E-state index in [1.807, 2.05) is 35.2 Å². The molecule has 6 nitrogen and oxygen atoms in total. The Morgan fingerprint density at radius 2 is 1.93 bits per heavy atom. The lowest BCUT2D eigenvalue weighted by Gasteiger charge is -2.65. The van der Waals surface area contributed by atoms with E-state index in [-0.39, 0.29) is 29.7 Å². The number of phenols is 1. The number of carbonyl (C=O) groups excluding carboxylic acids is 1. The number of benzene rings is 3. The zero-order valence-electron chi connectivity index (χ0n) is 26.1. The van der Waals surface area contributed by atoms with Crippen molar-refractivity contribution in [3.63, 3.8) is 0 Å². The van der Waals surface area contributed by atoms with Crippen molar-refractivity contribution in [3.05, 3.63) is 101 Å². The number of hydrogen-bond acceptors (Lipinski definition) is 5. The number of aryl methyl sites for hydroxylation is 1. The summed E-state index contributed by atoms with van der Waals surface area (Å²) in [5.41, 5.74) is 3.90. The number of carbonyl (C=O) groups is 1. The second kappa shape index (κ2) is 11.1. The van der Waals surface area contributed by atoms with Crippen LogP contribution in [0.3, 0.4) is 0 Å². The van der Waals surface area contributed by atoms with E-state index in [0.29, 0.717) is 25.1 Å². The molecule has 7 rings (SSSR count). The van der Waals surface area contributed by atoms with Crippen molar-refractivity contribution in [1.82, 2.24) is 9.80 Å². The molecule has 1 saturated carbocycles. The molecule has 230 valence electrons. The fourth-order valence-electron chi connectivity index (χ4n) is 8.93. The number of ether oxygens (including phenoxy) is 1. The van der Waals surface area contributed by atoms with E-state index in [2.05, 4.69) is 62.1 Å². The molecule has 2 bridgehead atoms. The van der Waals surface area contributed by atoms with Gasteiger partial charge in [0.2, 0.25) is 5.91 Å². The first-order chi connectivity index (χ1) is 21.2. The van der Waals surface area contributed by atoms with Gasteiger partial charge >= 0.3 is 0 Å². The topological polar surface area (TPSA) is 73.2 Å². The van der Waals surface area contributed by atoms with Crippen molar-refractivity contribution >= 4 is 12.0 Å². The number of phenolic OH excluding ortho intramolecular Hbond substituents is 1. The Balaban J connectivity index is 1.25. The van der Waals surface area contributed by atoms with Gasteiger partial charge in [0, 0.05) is 30.8 Å². The van der Waals surface area contributed by atoms with Gasteiger partial charge in [-0.3, -0.25) is 9.69 Å². The number of nitrogens with zero attached hydrogens (tertiary/aromatic N) is 2. The maximum absolute atomic E-state index is 14.0. The molecule has 3 aromatic rings. The number of aromatic hydroxyl groups is 1. The van der Waals surface area contributed by atoms with E-state index < -0.39 is 17.1 Å². The quantitative estimate of drug-likeness (QED) is 0.330. The third-order valence-electron chi connectivity index (χ3n) is 10.8. The summed E-state index contributed by atoms with van der Waals surface area (Å²) in [5, 5.41) is 24.0. The fraction of sp³-hybridized carbons (Fsp3) is 0.447. The van der Waals surface area contributed by atoms with E-state index in [1.165, 1.54) is 5.56 Å². The zero-order valence-corrected chi connectivity index (χ0v) is 26.1. The van der Waals surface area contributed by atoms with Gasteiger partial charge < -0.3 is 19.8 Å². The molecule has 4 aliphatic rings. The summed E-state index contributed by atoms with van der Waals surface area (Å²) in [5.74, 6) is 0.862. The van der Waals surface area contributed by atoms with Crippen LogP contribution in [0.1, 0.15) is 60.9 Å². The maximum Gasteiger partial charge on any atom is 0.246 e. The van der Waals surface area contributed by atoms with E-state index in [4.69, 9.17) is 4.74 Å². The van der Waals surface area contributed by atoms with E-state index >= 15 is 0 Å². The monoisotopic (exact) mass is 592 g/mol. The summed E-state index contributed by atoms with van der Waals surface area (Å²) >= 11 is 0. The van der Waals surface area contributed by atoms with E-state index in [0.717, 1.165) is 54.6 Å². The Kier molecular flexibility index (Phi) is 7.33. The highest BCUT2D eigenvalue weighted by Gasteiger charge is 2.73. The minimum absolute atomic E-state index is 0.0382. The van der Waals surface area contributed by atoms with Crippen molar-refractivity contribution in [2.45, 2.75) is 82.1 Å². The number of hydrogen-bond donors (Lipinski definition) is 2. The summed E-state index contributed by atoms with van der Waals surface area (Å²) < 4.78 is 6.80. The van der Waals surface area contributed by atoms with E-state index in [9.17, 15) is 15.0 Å². The molecule has 2 aliphatic heterocycles. The average molecular weight is 593 g/mol. The summed E-state index contributed by atoms with van der Waals surface area (Å²) in [7, 11) is 0. The first-order valence-corrected chi connectivity index (χ1v) is 16.3. The van der Waals surface area contributed by atoms with Gasteiger partial charge in [0.1, 0.15) is 6.10 Å². The smallest absolute Gasteiger partial charge is 0.246 e. The van der Waals surface area contributed by atoms with Crippen LogP contribution >= 0.6 is 0 Å². The molecular formula is C38H44N2O4. The molecule has 1 amide bonds. The van der Waals surface area contributed by atoms with Crippen LogP contribution in [-0.2, 0) is 23.1 Å². The lowest BCUT2D eigenvalue weighted by molar-refractivity contribution is -0.201. The molecule has 5 atom stereocenters. The highest BCUT2D eigenvalue weighted by Crippen LogP contribution is 2.65. The van der Waals surface area contributed by atoms with Crippen molar-refractivity contribution < 1.29 is 19.7 Å². The van der Waals surface area contributed by atoms with Crippen molar-refractivity contribution in [3.8, 4) is 11.5 Å². The number of likely N-dealkylation sites (tertiary alicyclic amines) is 1. The molecule has 44 heavy (non-hydrogen) atoms. The first-order valence-electron chi connectivity index (χ1n) is 16.3. The predicted molar refractivity (Wildman–Crippen MR) is 173 cm³/mol. The highest BCUT2D eigenvalue weighted by molar-refractivity contribution is 5.92. The molecule has 0 aromatic heterocycles. The third-order valence-corrected chi connectivity index (χ3v) is 10.8. The number of aliphatic hydroxyl groups is 1. The van der Waals surface area contributed by atoms with Crippen molar-refractivity contribution in [1.29, 1.82) is 0 Å². The lowest BCUT2D eigenvalue weighted by atomic mass is 9.48. The molecule has 2 aliphatic carbocycles. The third kappa shape index (κ3) is 4.57. The predicted octanol–water partition coefficient (Wildman–Crippen LogP) is 5.66. The SMILES string of the molecule is Cc1cccc(C=CC(=O)N(CC(C)C)[C@@H]2CC[C@@]3(O)[C@H]4Cc5ccc(O)c6c5[C@@]3(CCN4CCc3ccccc3)[C@H]2O6)c1. The van der Waals surface area contributed by atoms with E-state index in [1.54, 1.807) is 12.1 Å². The van der Waals surface area contributed by atoms with Gasteiger partial charge in [0.15, 0.2) is 11.5 Å². The summed E-state index contributed by atoms with van der Waals surface area (Å²) in [4.78, 5) is 18.5. The minimum Gasteiger partial charge on any atom is -0.504 e. The Bertz CT molecular complexity index is 1580. The first kappa shape index (κ1) is 29.1. The molecule has 2 heterocycles. The highest BCUT2D eigenvalue weighted by atomic mass is 16.5. The Labute approximate surface area is 261 Å². The molecule has 0 unspecified atom stereocenters. The Hall–Kier alpha value is -3.61. The molecule has 6 heteroatoms. The largest absolute Gasteiger partial charge is 0.504 e. The minimum atomic E-state index is -1.01. The average Bonchev–Trinajstić information content (AvgIpc) is 3.36. The summed E-state index contributed by atoms with van der Waals surface area (Å²) in [6.07, 6.45) is 6.77. The van der Waals surface area contributed by atoms with Crippen LogP contribution in [0.25, 0.3) is 6.08 Å². The Morgan fingerprint density at radius 1 is 1.11 bits per heavy atom. The van der Waals surface area contributed by atoms with Crippen molar-refractivity contribution in [2.24, 2.45) is 5.92 Å². The summed E-state index contributed by atoms with van der Waals surface area (Å²) in [6.45, 7) is 8.64. The lowest BCUT2D eigenvalue weighted by Crippen LogP contribution is -2.78. The standard InChI is InChI=1S/C38H44N2O4/c1-25(2)24-40(33(42)15-12-28-11-7-8-26(3)22-28)30-16-18-38(43)32-23-29-13-14-31(41)35-34(29)37(38,36(30)44-35)19-21-39(32)20-17-27-9-5-4-6-10-27/h4-15,22,25,30,32,36,41,43H,16-21,23-24H2,1-3H3/t30-,32-,36+,37+,38-/m1/s1. The summed E-state index contributed by atoms with van der Waals surface area (Å²) in [6, 6.07) is 22.2. The molecule has 3 aromatic carbocycles. The van der Waals surface area contributed by atoms with Gasteiger partial charge in [-0.1, -0.05) is 80.1 Å². The molecule has 2 N–H and O–H groups in total. The number of piperidine rings is 1. The van der Waals surface area contributed by atoms with Crippen LogP contribution in [-0.4, -0.2) is 69.3 Å². The maximum atomic E-state index is 14.0. The van der Waals surface area contributed by atoms with Crippen LogP contribution in [0.5, 0.6) is 11.5 Å². The Morgan fingerprint density at radius 3 is 2.70 bits per heavy atom. The van der Waals surface area contributed by atoms with Gasteiger partial charge in [0.05, 0.1) is 17.1 Å².